The minimum absolute atomic E-state index is 0.0185. The lowest BCUT2D eigenvalue weighted by molar-refractivity contribution is -0.107. The molecular weight excluding hydrogens is 256 g/mol. The lowest BCUT2D eigenvalue weighted by Gasteiger charge is -2.56. The van der Waals surface area contributed by atoms with E-state index in [9.17, 15) is 5.11 Å². The predicted octanol–water partition coefficient (Wildman–Crippen LogP) is 5.17. The number of fused-ring (bicyclic) bond motifs is 5. The van der Waals surface area contributed by atoms with Crippen molar-refractivity contribution in [3.8, 4) is 0 Å². The molecule has 21 heavy (non-hydrogen) atoms. The Balaban J connectivity index is 1.59. The Bertz CT molecular complexity index is 378. The summed E-state index contributed by atoms with van der Waals surface area (Å²) in [5.41, 5.74) is 0.331. The third-order valence-corrected chi connectivity index (χ3v) is 8.34. The quantitative estimate of drug-likeness (QED) is 0.744. The maximum Gasteiger partial charge on any atom is 0.0596 e. The van der Waals surface area contributed by atoms with Gasteiger partial charge in [0.2, 0.25) is 0 Å². The highest BCUT2D eigenvalue weighted by Gasteiger charge is 2.57. The predicted molar refractivity (Wildman–Crippen MR) is 87.0 cm³/mol. The van der Waals surface area contributed by atoms with Crippen molar-refractivity contribution < 1.29 is 5.11 Å². The fourth-order valence-electron chi connectivity index (χ4n) is 7.52. The molecule has 0 aromatic carbocycles. The Morgan fingerprint density at radius 3 is 2.57 bits per heavy atom. The van der Waals surface area contributed by atoms with Crippen LogP contribution in [0.5, 0.6) is 0 Å². The molecule has 4 aliphatic carbocycles. The molecule has 7 atom stereocenters. The van der Waals surface area contributed by atoms with E-state index in [-0.39, 0.29) is 6.10 Å². The molecule has 0 saturated heterocycles. The molecule has 0 aliphatic heterocycles. The van der Waals surface area contributed by atoms with Gasteiger partial charge in [-0.25, -0.2) is 0 Å². The first-order valence-electron chi connectivity index (χ1n) is 9.94. The Morgan fingerprint density at radius 1 is 0.857 bits per heavy atom. The van der Waals surface area contributed by atoms with Crippen LogP contribution >= 0.6 is 0 Å². The van der Waals surface area contributed by atoms with Crippen molar-refractivity contribution in [3.05, 3.63) is 0 Å². The molecule has 0 aromatic heterocycles. The van der Waals surface area contributed by atoms with Crippen LogP contribution in [0, 0.1) is 35.0 Å². The summed E-state index contributed by atoms with van der Waals surface area (Å²) in [5, 5.41) is 10.8. The van der Waals surface area contributed by atoms with Crippen LogP contribution in [0.4, 0.5) is 0 Å². The molecule has 2 unspecified atom stereocenters. The van der Waals surface area contributed by atoms with E-state index in [0.717, 1.165) is 36.0 Å². The van der Waals surface area contributed by atoms with Crippen LogP contribution in [0.15, 0.2) is 0 Å². The largest absolute Gasteiger partial charge is 0.393 e. The molecule has 4 aliphatic rings. The van der Waals surface area contributed by atoms with Gasteiger partial charge in [0.05, 0.1) is 6.10 Å². The zero-order valence-corrected chi connectivity index (χ0v) is 13.9. The van der Waals surface area contributed by atoms with Gasteiger partial charge in [-0.3, -0.25) is 0 Å². The highest BCUT2D eigenvalue weighted by Crippen LogP contribution is 2.63. The van der Waals surface area contributed by atoms with Gasteiger partial charge in [0.25, 0.3) is 0 Å². The van der Waals surface area contributed by atoms with Crippen molar-refractivity contribution in [2.24, 2.45) is 35.0 Å². The molecule has 120 valence electrons. The fraction of sp³-hybridized carbons (Fsp3) is 1.00. The number of rotatable bonds is 2. The molecule has 0 amide bonds. The Hall–Kier alpha value is -0.0400. The second-order valence-corrected chi connectivity index (χ2v) is 8.81. The molecule has 1 N–H and O–H groups in total. The summed E-state index contributed by atoms with van der Waals surface area (Å²) in [4.78, 5) is 0. The first-order chi connectivity index (χ1) is 10.3. The maximum atomic E-state index is 10.8. The van der Waals surface area contributed by atoms with E-state index in [2.05, 4.69) is 6.92 Å². The van der Waals surface area contributed by atoms with Crippen molar-refractivity contribution in [1.82, 2.24) is 0 Å². The summed E-state index contributed by atoms with van der Waals surface area (Å²) in [6, 6.07) is 0. The van der Waals surface area contributed by atoms with Gasteiger partial charge in [-0.05, 0) is 86.4 Å². The van der Waals surface area contributed by atoms with Crippen LogP contribution in [0.3, 0.4) is 0 Å². The van der Waals surface area contributed by atoms with Crippen molar-refractivity contribution in [1.29, 1.82) is 0 Å². The smallest absolute Gasteiger partial charge is 0.0596 e. The lowest BCUT2D eigenvalue weighted by atomic mass is 9.49. The third kappa shape index (κ3) is 2.13. The van der Waals surface area contributed by atoms with Crippen molar-refractivity contribution in [2.45, 2.75) is 90.1 Å². The molecule has 1 nitrogen and oxygen atoms in total. The SMILES string of the molecule is CCC(O)[C@@]12CCC[C@H]1[C@@H]1CCC3CCCC[C@@H]3[C@H]1CC2. The Morgan fingerprint density at radius 2 is 1.71 bits per heavy atom. The van der Waals surface area contributed by atoms with E-state index in [1.807, 2.05) is 0 Å². The zero-order valence-electron chi connectivity index (χ0n) is 13.9. The lowest BCUT2D eigenvalue weighted by Crippen LogP contribution is -2.51. The van der Waals surface area contributed by atoms with Crippen molar-refractivity contribution >= 4 is 0 Å². The van der Waals surface area contributed by atoms with Gasteiger partial charge in [-0.2, -0.15) is 0 Å². The van der Waals surface area contributed by atoms with Gasteiger partial charge < -0.3 is 5.11 Å². The second kappa shape index (κ2) is 5.55. The average molecular weight is 290 g/mol. The topological polar surface area (TPSA) is 20.2 Å². The van der Waals surface area contributed by atoms with Crippen molar-refractivity contribution in [2.75, 3.05) is 0 Å². The van der Waals surface area contributed by atoms with Crippen LogP contribution in [-0.4, -0.2) is 11.2 Å². The van der Waals surface area contributed by atoms with Gasteiger partial charge in [0.1, 0.15) is 0 Å². The average Bonchev–Trinajstić information content (AvgIpc) is 2.99. The Labute approximate surface area is 130 Å². The molecule has 1 heteroatoms. The first-order valence-corrected chi connectivity index (χ1v) is 9.94. The van der Waals surface area contributed by atoms with E-state index < -0.39 is 0 Å². The molecule has 0 aromatic rings. The standard InChI is InChI=1S/C20H34O/c1-2-19(21)20-12-5-8-18(20)17-10-9-14-6-3-4-7-15(14)16(17)11-13-20/h14-19,21H,2-13H2,1H3/t14?,15-,16+,17+,18-,19?,20+/m0/s1. The van der Waals surface area contributed by atoms with E-state index >= 15 is 0 Å². The molecule has 4 rings (SSSR count). The number of hydrogen-bond acceptors (Lipinski definition) is 1. The monoisotopic (exact) mass is 290 g/mol. The summed E-state index contributed by atoms with van der Waals surface area (Å²) >= 11 is 0. The molecular formula is C20H34O. The van der Waals surface area contributed by atoms with E-state index in [4.69, 9.17) is 0 Å². The van der Waals surface area contributed by atoms with Crippen LogP contribution in [0.1, 0.15) is 84.0 Å². The van der Waals surface area contributed by atoms with Crippen LogP contribution < -0.4 is 0 Å². The summed E-state index contributed by atoms with van der Waals surface area (Å²) < 4.78 is 0. The van der Waals surface area contributed by atoms with Crippen LogP contribution in [0.25, 0.3) is 0 Å². The minimum Gasteiger partial charge on any atom is -0.393 e. The molecule has 4 fully saturated rings. The maximum absolute atomic E-state index is 10.8. The summed E-state index contributed by atoms with van der Waals surface area (Å²) in [5.74, 6) is 5.01. The van der Waals surface area contributed by atoms with Crippen LogP contribution in [0.2, 0.25) is 0 Å². The summed E-state index contributed by atoms with van der Waals surface area (Å²) in [6.45, 7) is 2.19. The fourth-order valence-corrected chi connectivity index (χ4v) is 7.52. The molecule has 4 saturated carbocycles. The third-order valence-electron chi connectivity index (χ3n) is 8.34. The zero-order chi connectivity index (χ0) is 14.4. The van der Waals surface area contributed by atoms with E-state index in [0.29, 0.717) is 5.41 Å². The van der Waals surface area contributed by atoms with Gasteiger partial charge in [-0.1, -0.05) is 32.6 Å². The molecule has 0 heterocycles. The van der Waals surface area contributed by atoms with Gasteiger partial charge >= 0.3 is 0 Å². The van der Waals surface area contributed by atoms with Crippen molar-refractivity contribution in [3.63, 3.8) is 0 Å². The summed E-state index contributed by atoms with van der Waals surface area (Å²) in [7, 11) is 0. The van der Waals surface area contributed by atoms with Gasteiger partial charge in [-0.15, -0.1) is 0 Å². The molecule has 0 radical (unpaired) electrons. The van der Waals surface area contributed by atoms with Gasteiger partial charge in [0, 0.05) is 0 Å². The Kier molecular flexibility index (Phi) is 3.84. The molecule has 0 spiro atoms. The number of aliphatic hydroxyl groups excluding tert-OH is 1. The first kappa shape index (κ1) is 14.5. The van der Waals surface area contributed by atoms with Crippen LogP contribution in [-0.2, 0) is 0 Å². The van der Waals surface area contributed by atoms with E-state index in [1.54, 1.807) is 0 Å². The van der Waals surface area contributed by atoms with Gasteiger partial charge in [0.15, 0.2) is 0 Å². The molecule has 0 bridgehead atoms. The number of aliphatic hydroxyl groups is 1. The highest BCUT2D eigenvalue weighted by atomic mass is 16.3. The normalized spacial score (nSPS) is 50.9. The van der Waals surface area contributed by atoms with E-state index in [1.165, 1.54) is 70.6 Å². The minimum atomic E-state index is -0.0185. The summed E-state index contributed by atoms with van der Waals surface area (Å²) in [6.07, 6.45) is 16.9. The second-order valence-electron chi connectivity index (χ2n) is 8.81. The highest BCUT2D eigenvalue weighted by molar-refractivity contribution is 5.06. The number of hydrogen-bond donors (Lipinski definition) is 1.